The van der Waals surface area contributed by atoms with Gasteiger partial charge in [-0.2, -0.15) is 5.10 Å². The first-order chi connectivity index (χ1) is 25.3. The minimum atomic E-state index is -1.25. The lowest BCUT2D eigenvalue weighted by Crippen LogP contribution is -2.58. The summed E-state index contributed by atoms with van der Waals surface area (Å²) < 4.78 is 25.8. The largest absolute Gasteiger partial charge is 0.444 e. The highest BCUT2D eigenvalue weighted by molar-refractivity contribution is 6.07. The molecule has 4 N–H and O–H groups in total. The van der Waals surface area contributed by atoms with Crippen LogP contribution < -0.4 is 21.4 Å². The summed E-state index contributed by atoms with van der Waals surface area (Å²) >= 11 is 0. The van der Waals surface area contributed by atoms with Crippen molar-refractivity contribution in [2.45, 2.75) is 121 Å². The number of nitrogens with one attached hydrogen (secondary N) is 4. The van der Waals surface area contributed by atoms with E-state index in [1.165, 1.54) is 15.9 Å². The second-order valence-electron chi connectivity index (χ2n) is 16.3. The van der Waals surface area contributed by atoms with E-state index in [0.29, 0.717) is 48.7 Å². The van der Waals surface area contributed by atoms with E-state index in [1.54, 1.807) is 32.9 Å². The Morgan fingerprint density at radius 3 is 2.64 bits per heavy atom. The van der Waals surface area contributed by atoms with Gasteiger partial charge in [-0.05, 0) is 76.8 Å². The molecular weight excluding hydrogens is 685 g/mol. The van der Waals surface area contributed by atoms with Gasteiger partial charge >= 0.3 is 12.2 Å². The number of rotatable bonds is 4. The molecule has 1 aromatic rings. The van der Waals surface area contributed by atoms with E-state index in [-0.39, 0.29) is 43.8 Å². The molecule has 0 radical (unpaired) electrons. The Labute approximate surface area is 308 Å². The van der Waals surface area contributed by atoms with Gasteiger partial charge in [-0.25, -0.2) is 14.0 Å². The zero-order valence-electron chi connectivity index (χ0n) is 30.6. The van der Waals surface area contributed by atoms with Gasteiger partial charge in [-0.3, -0.25) is 19.3 Å². The molecule has 7 rings (SSSR count). The number of allylic oxidation sites excluding steroid dienone is 1. The van der Waals surface area contributed by atoms with Gasteiger partial charge in [-0.15, -0.1) is 0 Å². The monoisotopic (exact) mass is 735 g/mol. The highest BCUT2D eigenvalue weighted by atomic mass is 19.1. The van der Waals surface area contributed by atoms with E-state index in [9.17, 15) is 28.4 Å². The van der Waals surface area contributed by atoms with Crippen molar-refractivity contribution in [3.8, 4) is 0 Å². The van der Waals surface area contributed by atoms with E-state index in [0.717, 1.165) is 32.1 Å². The Bertz CT molecular complexity index is 1710. The average molecular weight is 736 g/mol. The number of halogens is 1. The first-order valence-corrected chi connectivity index (χ1v) is 18.9. The van der Waals surface area contributed by atoms with Crippen LogP contribution in [0.3, 0.4) is 0 Å². The molecule has 6 atom stereocenters. The van der Waals surface area contributed by atoms with Crippen molar-refractivity contribution in [1.29, 1.82) is 0 Å². The number of hydrazone groups is 1. The van der Waals surface area contributed by atoms with E-state index in [4.69, 9.17) is 9.47 Å². The molecule has 1 aromatic carbocycles. The smallest absolute Gasteiger partial charge is 0.410 e. The summed E-state index contributed by atoms with van der Waals surface area (Å²) in [6.07, 6.45) is 7.52. The van der Waals surface area contributed by atoms with Crippen molar-refractivity contribution in [3.63, 3.8) is 0 Å². The SMILES string of the molecule is CC(C)(C)OC(=O)N[C@H]1CCCCC/C=C\[C@@H]2C[C@@]2(C(=O)NC2=NNCC2C2CC2)NC(=O)[C@@H]2C[C@@H](OC(=O)N3Cc4cccc(F)c4C3)CN2C1=O. The van der Waals surface area contributed by atoms with Gasteiger partial charge in [0.1, 0.15) is 41.0 Å². The van der Waals surface area contributed by atoms with Crippen LogP contribution in [0.15, 0.2) is 35.5 Å². The molecule has 5 amide bonds. The van der Waals surface area contributed by atoms with Crippen molar-refractivity contribution in [2.24, 2.45) is 22.9 Å². The number of carbonyl (C=O) groups excluding carboxylic acids is 5. The summed E-state index contributed by atoms with van der Waals surface area (Å²) in [6, 6.07) is 2.57. The molecule has 2 aliphatic carbocycles. The molecular formula is C38H50FN7O7. The van der Waals surface area contributed by atoms with Crippen LogP contribution in [-0.4, -0.2) is 88.0 Å². The van der Waals surface area contributed by atoms with Crippen LogP contribution in [-0.2, 0) is 36.9 Å². The molecule has 0 bridgehead atoms. The summed E-state index contributed by atoms with van der Waals surface area (Å²) in [4.78, 5) is 71.9. The lowest BCUT2D eigenvalue weighted by molar-refractivity contribution is -0.141. The fourth-order valence-electron chi connectivity index (χ4n) is 7.99. The third-order valence-corrected chi connectivity index (χ3v) is 11.1. The summed E-state index contributed by atoms with van der Waals surface area (Å²) in [6.45, 7) is 5.93. The fourth-order valence-corrected chi connectivity index (χ4v) is 7.99. The second kappa shape index (κ2) is 14.6. The average Bonchev–Trinajstić information content (AvgIpc) is 3.86. The predicted molar refractivity (Wildman–Crippen MR) is 190 cm³/mol. The maximum Gasteiger partial charge on any atom is 0.410 e. The third-order valence-electron chi connectivity index (χ3n) is 11.1. The Kier molecular flexibility index (Phi) is 10.1. The highest BCUT2D eigenvalue weighted by Gasteiger charge is 2.61. The van der Waals surface area contributed by atoms with Crippen LogP contribution in [0.2, 0.25) is 0 Å². The van der Waals surface area contributed by atoms with E-state index in [1.807, 2.05) is 12.2 Å². The number of alkyl carbamates (subject to hydrolysis) is 1. The van der Waals surface area contributed by atoms with E-state index in [2.05, 4.69) is 26.5 Å². The molecule has 1 unspecified atom stereocenters. The van der Waals surface area contributed by atoms with Crippen LogP contribution in [0.1, 0.15) is 89.7 Å². The molecule has 1 saturated heterocycles. The van der Waals surface area contributed by atoms with Gasteiger partial charge in [-0.1, -0.05) is 37.1 Å². The van der Waals surface area contributed by atoms with Crippen LogP contribution in [0.25, 0.3) is 0 Å². The quantitative estimate of drug-likeness (QED) is 0.340. The Balaban J connectivity index is 1.12. The van der Waals surface area contributed by atoms with E-state index >= 15 is 0 Å². The summed E-state index contributed by atoms with van der Waals surface area (Å²) in [5, 5.41) is 13.1. The van der Waals surface area contributed by atoms with Crippen LogP contribution in [0, 0.1) is 23.6 Å². The Hall–Kier alpha value is -4.69. The van der Waals surface area contributed by atoms with Crippen molar-refractivity contribution in [3.05, 3.63) is 47.3 Å². The van der Waals surface area contributed by atoms with Crippen LogP contribution >= 0.6 is 0 Å². The lowest BCUT2D eigenvalue weighted by atomic mass is 10.0. The predicted octanol–water partition coefficient (Wildman–Crippen LogP) is 3.60. The second-order valence-corrected chi connectivity index (χ2v) is 16.3. The number of hydrogen-bond donors (Lipinski definition) is 4. The number of benzene rings is 1. The van der Waals surface area contributed by atoms with Crippen molar-refractivity contribution >= 4 is 35.7 Å². The molecule has 4 heterocycles. The van der Waals surface area contributed by atoms with Crippen LogP contribution in [0.4, 0.5) is 14.0 Å². The molecule has 15 heteroatoms. The zero-order chi connectivity index (χ0) is 37.5. The van der Waals surface area contributed by atoms with Gasteiger partial charge in [0.05, 0.1) is 13.1 Å². The molecule has 286 valence electrons. The highest BCUT2D eigenvalue weighted by Crippen LogP contribution is 2.46. The van der Waals surface area contributed by atoms with Crippen molar-refractivity contribution in [2.75, 3.05) is 13.1 Å². The van der Waals surface area contributed by atoms with Gasteiger partial charge < -0.3 is 35.7 Å². The molecule has 2 saturated carbocycles. The topological polar surface area (TPSA) is 171 Å². The van der Waals surface area contributed by atoms with Gasteiger partial charge in [0.2, 0.25) is 11.8 Å². The minimum absolute atomic E-state index is 0.0315. The number of fused-ring (bicyclic) bond motifs is 3. The number of amidine groups is 1. The minimum Gasteiger partial charge on any atom is -0.444 e. The van der Waals surface area contributed by atoms with Gasteiger partial charge in [0.25, 0.3) is 5.91 Å². The number of carbonyl (C=O) groups is 5. The molecule has 0 spiro atoms. The number of amides is 5. The van der Waals surface area contributed by atoms with Crippen LogP contribution in [0.5, 0.6) is 0 Å². The first-order valence-electron chi connectivity index (χ1n) is 18.9. The molecule has 53 heavy (non-hydrogen) atoms. The Morgan fingerprint density at radius 2 is 1.89 bits per heavy atom. The summed E-state index contributed by atoms with van der Waals surface area (Å²) in [5.74, 6) is -0.943. The third kappa shape index (κ3) is 8.13. The number of ether oxygens (including phenoxy) is 2. The maximum absolute atomic E-state index is 14.5. The number of hydrogen-bond acceptors (Lipinski definition) is 9. The van der Waals surface area contributed by atoms with Crippen molar-refractivity contribution in [1.82, 2.24) is 31.2 Å². The van der Waals surface area contributed by atoms with Gasteiger partial charge in [0.15, 0.2) is 0 Å². The molecule has 0 aromatic heterocycles. The van der Waals surface area contributed by atoms with Gasteiger partial charge in [0, 0.05) is 36.9 Å². The summed E-state index contributed by atoms with van der Waals surface area (Å²) in [5.41, 5.74) is 2.05. The van der Waals surface area contributed by atoms with E-state index < -0.39 is 59.1 Å². The molecule has 6 aliphatic rings. The fraction of sp³-hybridized carbons (Fsp3) is 0.632. The first kappa shape index (κ1) is 36.7. The molecule has 3 fully saturated rings. The molecule has 14 nitrogen and oxygen atoms in total. The summed E-state index contributed by atoms with van der Waals surface area (Å²) in [7, 11) is 0. The Morgan fingerprint density at radius 1 is 1.08 bits per heavy atom. The standard InChI is InChI=1S/C38H50FN7O7/c1-37(2,3)53-35(50)41-29-13-8-6-4-5-7-11-24-17-38(24,34(49)42-31-26(18-40-44-31)22-14-15-22)43-32(47)30-16-25(20-46(30)33(29)48)52-36(51)45-19-23-10-9-12-28(39)27(23)21-45/h7,9-12,22,24-26,29-30,40H,4-6,8,13-21H2,1-3H3,(H,41,50)(H,43,47)(H,42,44,49)/b11-7-/t24-,25-,26?,29+,30+,38-/m1/s1. The zero-order valence-corrected chi connectivity index (χ0v) is 30.6. The maximum atomic E-state index is 14.5. The lowest BCUT2D eigenvalue weighted by Gasteiger charge is -2.30. The molecule has 4 aliphatic heterocycles. The normalized spacial score (nSPS) is 30.6. The number of nitrogens with zero attached hydrogens (tertiary/aromatic N) is 3. The van der Waals surface area contributed by atoms with Crippen molar-refractivity contribution < 1.29 is 37.8 Å².